The number of nitrogens with one attached hydrogen (secondary N) is 1. The smallest absolute Gasteiger partial charge is 0.318 e. The molecule has 1 N–H and O–H groups in total. The second-order valence-electron chi connectivity index (χ2n) is 9.98. The molecule has 3 fully saturated rings. The number of morpholine rings is 1. The topological polar surface area (TPSA) is 60.9 Å². The summed E-state index contributed by atoms with van der Waals surface area (Å²) in [7, 11) is 4.36. The maximum absolute atomic E-state index is 13.0. The number of amides is 2. The van der Waals surface area contributed by atoms with Crippen LogP contribution in [0.15, 0.2) is 48.7 Å². The average Bonchev–Trinajstić information content (AvgIpc) is 3.15. The number of anilines is 1. The van der Waals surface area contributed by atoms with Crippen LogP contribution in [0.25, 0.3) is 0 Å². The third-order valence-corrected chi connectivity index (χ3v) is 7.87. The molecule has 0 atom stereocenters. The van der Waals surface area contributed by atoms with Crippen LogP contribution in [0.2, 0.25) is 0 Å². The van der Waals surface area contributed by atoms with E-state index in [4.69, 9.17) is 4.74 Å². The molecule has 3 aliphatic rings. The van der Waals surface area contributed by atoms with E-state index in [0.717, 1.165) is 69.9 Å². The molecule has 7 heteroatoms. The zero-order valence-electron chi connectivity index (χ0n) is 19.8. The number of hydrogen-bond donors (Lipinski definition) is 1. The number of urea groups is 1. The van der Waals surface area contributed by atoms with Gasteiger partial charge in [0.05, 0.1) is 18.8 Å². The highest BCUT2D eigenvalue weighted by molar-refractivity contribution is 5.78. The largest absolute Gasteiger partial charge is 0.378 e. The maximum Gasteiger partial charge on any atom is 0.318 e. The summed E-state index contributed by atoms with van der Waals surface area (Å²) in [6, 6.07) is 15.0. The molecule has 176 valence electrons. The molecule has 1 aliphatic carbocycles. The summed E-state index contributed by atoms with van der Waals surface area (Å²) in [5.41, 5.74) is 2.40. The van der Waals surface area contributed by atoms with Gasteiger partial charge in [-0.05, 0) is 63.0 Å². The van der Waals surface area contributed by atoms with E-state index >= 15 is 0 Å². The Kier molecular flexibility index (Phi) is 6.01. The summed E-state index contributed by atoms with van der Waals surface area (Å²) in [5, 5.41) is 3.37. The van der Waals surface area contributed by atoms with E-state index < -0.39 is 0 Å². The first-order valence-electron chi connectivity index (χ1n) is 12.1. The minimum atomic E-state index is -0.133. The number of ether oxygens (including phenoxy) is 1. The van der Waals surface area contributed by atoms with Crippen LogP contribution < -0.4 is 10.2 Å². The molecule has 2 amide bonds. The summed E-state index contributed by atoms with van der Waals surface area (Å²) >= 11 is 0. The lowest BCUT2D eigenvalue weighted by molar-refractivity contribution is 0.0617. The Bertz CT molecular complexity index is 966. The van der Waals surface area contributed by atoms with E-state index in [2.05, 4.69) is 70.6 Å². The summed E-state index contributed by atoms with van der Waals surface area (Å²) in [4.78, 5) is 24.1. The fourth-order valence-electron chi connectivity index (χ4n) is 5.82. The van der Waals surface area contributed by atoms with Crippen molar-refractivity contribution in [2.45, 2.75) is 43.3 Å². The molecular weight excluding hydrogens is 414 g/mol. The molecule has 5 rings (SSSR count). The van der Waals surface area contributed by atoms with Gasteiger partial charge in [-0.2, -0.15) is 0 Å². The second kappa shape index (κ2) is 8.95. The Morgan fingerprint density at radius 3 is 2.48 bits per heavy atom. The SMILES string of the molecule is CN(C)[C@]1(c2ccccc2)CC[C@@]2(CC1)CN(Cc1ccnc(N3CCOCC3)c1)C(=O)N2. The molecule has 1 saturated carbocycles. The normalized spacial score (nSPS) is 27.9. The van der Waals surface area contributed by atoms with Crippen LogP contribution in [-0.2, 0) is 16.8 Å². The average molecular weight is 450 g/mol. The van der Waals surface area contributed by atoms with E-state index in [-0.39, 0.29) is 17.1 Å². The molecule has 3 heterocycles. The first-order valence-corrected chi connectivity index (χ1v) is 12.1. The van der Waals surface area contributed by atoms with Gasteiger partial charge >= 0.3 is 6.03 Å². The van der Waals surface area contributed by atoms with Crippen LogP contribution in [0, 0.1) is 0 Å². The van der Waals surface area contributed by atoms with Gasteiger partial charge < -0.3 is 19.9 Å². The summed E-state index contributed by atoms with van der Waals surface area (Å²) in [6.45, 7) is 4.57. The minimum Gasteiger partial charge on any atom is -0.378 e. The molecule has 33 heavy (non-hydrogen) atoms. The van der Waals surface area contributed by atoms with Gasteiger partial charge in [0.25, 0.3) is 0 Å². The second-order valence-corrected chi connectivity index (χ2v) is 9.98. The van der Waals surface area contributed by atoms with Gasteiger partial charge in [0.2, 0.25) is 0 Å². The van der Waals surface area contributed by atoms with Gasteiger partial charge in [0.15, 0.2) is 0 Å². The predicted octanol–water partition coefficient (Wildman–Crippen LogP) is 3.21. The number of carbonyl (C=O) groups excluding carboxylic acids is 1. The third kappa shape index (κ3) is 4.32. The van der Waals surface area contributed by atoms with Crippen molar-refractivity contribution < 1.29 is 9.53 Å². The molecule has 0 radical (unpaired) electrons. The van der Waals surface area contributed by atoms with Crippen molar-refractivity contribution in [1.82, 2.24) is 20.1 Å². The molecule has 0 bridgehead atoms. The quantitative estimate of drug-likeness (QED) is 0.760. The highest BCUT2D eigenvalue weighted by atomic mass is 16.5. The van der Waals surface area contributed by atoms with Crippen molar-refractivity contribution in [2.75, 3.05) is 51.8 Å². The van der Waals surface area contributed by atoms with Gasteiger partial charge in [-0.1, -0.05) is 30.3 Å². The standard InChI is InChI=1S/C26H35N5O2/c1-29(2)26(22-6-4-3-5-7-22)11-9-25(10-12-26)20-31(24(32)28-25)19-21-8-13-27-23(18-21)30-14-16-33-17-15-30/h3-8,13,18H,9-12,14-17,19-20H2,1-2H3,(H,28,32)/t25-,26-. The molecule has 1 aromatic heterocycles. The van der Waals surface area contributed by atoms with Crippen molar-refractivity contribution in [3.8, 4) is 0 Å². The highest BCUT2D eigenvalue weighted by Gasteiger charge is 2.49. The minimum absolute atomic E-state index is 0.0306. The van der Waals surface area contributed by atoms with E-state index in [1.807, 2.05) is 17.2 Å². The van der Waals surface area contributed by atoms with Crippen LogP contribution in [0.4, 0.5) is 10.6 Å². The van der Waals surface area contributed by atoms with Crippen LogP contribution in [0.1, 0.15) is 36.8 Å². The third-order valence-electron chi connectivity index (χ3n) is 7.87. The number of nitrogens with zero attached hydrogens (tertiary/aromatic N) is 4. The number of aromatic nitrogens is 1. The lowest BCUT2D eigenvalue weighted by atomic mass is 9.69. The van der Waals surface area contributed by atoms with Crippen LogP contribution in [0.5, 0.6) is 0 Å². The molecule has 2 aliphatic heterocycles. The number of hydrogen-bond acceptors (Lipinski definition) is 5. The van der Waals surface area contributed by atoms with Crippen LogP contribution >= 0.6 is 0 Å². The highest BCUT2D eigenvalue weighted by Crippen LogP contribution is 2.46. The monoisotopic (exact) mass is 449 g/mol. The van der Waals surface area contributed by atoms with Gasteiger partial charge in [0.1, 0.15) is 5.82 Å². The Balaban J connectivity index is 1.27. The summed E-state index contributed by atoms with van der Waals surface area (Å²) in [6.07, 6.45) is 5.90. The molecule has 7 nitrogen and oxygen atoms in total. The van der Waals surface area contributed by atoms with Crippen LogP contribution in [-0.4, -0.2) is 73.3 Å². The molecule has 1 aromatic carbocycles. The number of carbonyl (C=O) groups is 1. The molecule has 2 saturated heterocycles. The Morgan fingerprint density at radius 2 is 1.79 bits per heavy atom. The van der Waals surface area contributed by atoms with Gasteiger partial charge in [-0.25, -0.2) is 9.78 Å². The van der Waals surface area contributed by atoms with Crippen molar-refractivity contribution in [3.63, 3.8) is 0 Å². The van der Waals surface area contributed by atoms with E-state index in [1.54, 1.807) is 0 Å². The fraction of sp³-hybridized carbons (Fsp3) is 0.538. The Labute approximate surface area is 196 Å². The lowest BCUT2D eigenvalue weighted by Crippen LogP contribution is -2.54. The van der Waals surface area contributed by atoms with Gasteiger partial charge in [0, 0.05) is 37.9 Å². The fourth-order valence-corrected chi connectivity index (χ4v) is 5.82. The molecule has 2 aromatic rings. The first kappa shape index (κ1) is 22.2. The van der Waals surface area contributed by atoms with Gasteiger partial charge in [-0.3, -0.25) is 4.90 Å². The predicted molar refractivity (Wildman–Crippen MR) is 129 cm³/mol. The van der Waals surface area contributed by atoms with E-state index in [0.29, 0.717) is 6.54 Å². The van der Waals surface area contributed by atoms with E-state index in [9.17, 15) is 4.79 Å². The number of benzene rings is 1. The summed E-state index contributed by atoms with van der Waals surface area (Å²) < 4.78 is 5.46. The van der Waals surface area contributed by atoms with Crippen molar-refractivity contribution in [1.29, 1.82) is 0 Å². The summed E-state index contributed by atoms with van der Waals surface area (Å²) in [5.74, 6) is 0.974. The zero-order chi connectivity index (χ0) is 22.9. The number of rotatable bonds is 5. The molecule has 1 spiro atoms. The number of pyridine rings is 1. The first-order chi connectivity index (χ1) is 16.0. The van der Waals surface area contributed by atoms with Gasteiger partial charge in [-0.15, -0.1) is 0 Å². The molecular formula is C26H35N5O2. The van der Waals surface area contributed by atoms with Crippen molar-refractivity contribution in [2.24, 2.45) is 0 Å². The van der Waals surface area contributed by atoms with E-state index in [1.165, 1.54) is 5.56 Å². The Hall–Kier alpha value is -2.64. The lowest BCUT2D eigenvalue weighted by Gasteiger charge is -2.48. The van der Waals surface area contributed by atoms with Crippen LogP contribution in [0.3, 0.4) is 0 Å². The molecule has 0 unspecified atom stereocenters. The maximum atomic E-state index is 13.0. The zero-order valence-corrected chi connectivity index (χ0v) is 19.8. The van der Waals surface area contributed by atoms with Crippen molar-refractivity contribution >= 4 is 11.8 Å². The Morgan fingerprint density at radius 1 is 1.06 bits per heavy atom. The van der Waals surface area contributed by atoms with Crippen molar-refractivity contribution in [3.05, 3.63) is 59.8 Å².